The van der Waals surface area contributed by atoms with Gasteiger partial charge in [-0.1, -0.05) is 60.7 Å². The molecule has 1 aliphatic rings. The lowest BCUT2D eigenvalue weighted by Crippen LogP contribution is -2.36. The molecule has 0 bridgehead atoms. The maximum absolute atomic E-state index is 14.2. The Hall–Kier alpha value is -3.73. The minimum Gasteiger partial charge on any atom is -0.449 e. The van der Waals surface area contributed by atoms with Gasteiger partial charge in [-0.25, -0.2) is 9.18 Å². The number of alkyl carbamates (subject to hydrolysis) is 1. The largest absolute Gasteiger partial charge is 0.449 e. The normalized spacial score (nSPS) is 14.0. The molecule has 0 radical (unpaired) electrons. The number of carbonyl (C=O) groups is 1. The van der Waals surface area contributed by atoms with E-state index in [2.05, 4.69) is 5.32 Å². The van der Waals surface area contributed by atoms with Crippen LogP contribution in [-0.4, -0.2) is 35.6 Å². The van der Waals surface area contributed by atoms with Crippen LogP contribution in [0.2, 0.25) is 0 Å². The number of fused-ring (bicyclic) bond motifs is 3. The van der Waals surface area contributed by atoms with Gasteiger partial charge in [0, 0.05) is 18.0 Å². The van der Waals surface area contributed by atoms with Gasteiger partial charge in [0.25, 0.3) is 0 Å². The van der Waals surface area contributed by atoms with Crippen molar-refractivity contribution in [1.29, 1.82) is 5.26 Å². The highest BCUT2D eigenvalue weighted by Crippen LogP contribution is 2.44. The molecule has 1 amide bonds. The Labute approximate surface area is 190 Å². The number of nitrogens with one attached hydrogen (secondary N) is 1. The van der Waals surface area contributed by atoms with Crippen molar-refractivity contribution in [3.63, 3.8) is 0 Å². The number of benzene rings is 3. The van der Waals surface area contributed by atoms with E-state index in [1.165, 1.54) is 12.1 Å². The van der Waals surface area contributed by atoms with Gasteiger partial charge in [0.1, 0.15) is 24.6 Å². The van der Waals surface area contributed by atoms with Crippen LogP contribution in [-0.2, 0) is 11.2 Å². The number of rotatable bonds is 7. The van der Waals surface area contributed by atoms with Gasteiger partial charge in [-0.3, -0.25) is 0 Å². The lowest BCUT2D eigenvalue weighted by Gasteiger charge is -2.20. The van der Waals surface area contributed by atoms with Crippen LogP contribution in [0.25, 0.3) is 11.1 Å². The number of halogens is 1. The van der Waals surface area contributed by atoms with Crippen molar-refractivity contribution in [2.45, 2.75) is 24.5 Å². The summed E-state index contributed by atoms with van der Waals surface area (Å²) in [5, 5.41) is 31.6. The van der Waals surface area contributed by atoms with Crippen molar-refractivity contribution in [3.8, 4) is 17.2 Å². The topological polar surface area (TPSA) is 103 Å². The molecule has 0 heterocycles. The average molecular weight is 446 g/mol. The first-order valence-electron chi connectivity index (χ1n) is 10.6. The van der Waals surface area contributed by atoms with E-state index in [4.69, 9.17) is 10.00 Å². The lowest BCUT2D eigenvalue weighted by molar-refractivity contribution is 0.0165. The van der Waals surface area contributed by atoms with Crippen LogP contribution < -0.4 is 5.32 Å². The van der Waals surface area contributed by atoms with Crippen molar-refractivity contribution in [2.24, 2.45) is 0 Å². The van der Waals surface area contributed by atoms with E-state index in [1.807, 2.05) is 54.6 Å². The van der Waals surface area contributed by atoms with Crippen molar-refractivity contribution >= 4 is 6.09 Å². The molecule has 2 atom stereocenters. The summed E-state index contributed by atoms with van der Waals surface area (Å²) in [5.74, 6) is -0.824. The first-order valence-corrected chi connectivity index (χ1v) is 10.6. The van der Waals surface area contributed by atoms with Crippen LogP contribution in [0.1, 0.15) is 34.3 Å². The molecule has 0 saturated heterocycles. The first kappa shape index (κ1) is 22.5. The molecule has 4 rings (SSSR count). The van der Waals surface area contributed by atoms with E-state index in [1.54, 1.807) is 0 Å². The van der Waals surface area contributed by atoms with Gasteiger partial charge < -0.3 is 20.3 Å². The number of hydrogen-bond donors (Lipinski definition) is 3. The van der Waals surface area contributed by atoms with Crippen LogP contribution in [0.4, 0.5) is 9.18 Å². The van der Waals surface area contributed by atoms with Gasteiger partial charge >= 0.3 is 6.09 Å². The summed E-state index contributed by atoms with van der Waals surface area (Å²) in [6.07, 6.45) is -3.69. The monoisotopic (exact) mass is 446 g/mol. The molecular formula is C26H23FN2O4. The molecule has 168 valence electrons. The van der Waals surface area contributed by atoms with E-state index in [0.717, 1.165) is 28.3 Å². The maximum atomic E-state index is 14.2. The number of ether oxygens (including phenoxy) is 1. The lowest BCUT2D eigenvalue weighted by atomic mass is 9.98. The summed E-state index contributed by atoms with van der Waals surface area (Å²) in [5.41, 5.74) is 4.75. The Kier molecular flexibility index (Phi) is 6.68. The second-order valence-electron chi connectivity index (χ2n) is 7.91. The van der Waals surface area contributed by atoms with E-state index >= 15 is 0 Å². The predicted molar refractivity (Wildman–Crippen MR) is 120 cm³/mol. The molecule has 1 aliphatic carbocycles. The number of nitriles is 1. The molecule has 0 saturated carbocycles. The quantitative estimate of drug-likeness (QED) is 0.512. The summed E-state index contributed by atoms with van der Waals surface area (Å²) in [6.45, 7) is -0.204. The minimum atomic E-state index is -1.55. The molecule has 0 aromatic heterocycles. The molecular weight excluding hydrogens is 423 g/mol. The van der Waals surface area contributed by atoms with Gasteiger partial charge in [-0.15, -0.1) is 0 Å². The highest BCUT2D eigenvalue weighted by atomic mass is 19.1. The minimum absolute atomic E-state index is 0.0409. The fourth-order valence-corrected chi connectivity index (χ4v) is 4.17. The summed E-state index contributed by atoms with van der Waals surface area (Å²) >= 11 is 0. The van der Waals surface area contributed by atoms with Gasteiger partial charge in [-0.2, -0.15) is 5.26 Å². The number of hydrogen-bond acceptors (Lipinski definition) is 5. The maximum Gasteiger partial charge on any atom is 0.407 e. The molecule has 7 heteroatoms. The molecule has 3 N–H and O–H groups in total. The average Bonchev–Trinajstić information content (AvgIpc) is 3.15. The molecule has 0 spiro atoms. The molecule has 0 fully saturated rings. The van der Waals surface area contributed by atoms with Gasteiger partial charge in [0.05, 0.1) is 12.5 Å². The van der Waals surface area contributed by atoms with Crippen LogP contribution in [0, 0.1) is 17.1 Å². The Bertz CT molecular complexity index is 1160. The number of amides is 1. The third-order valence-corrected chi connectivity index (χ3v) is 5.83. The molecule has 6 nitrogen and oxygen atoms in total. The Balaban J connectivity index is 1.33. The Morgan fingerprint density at radius 3 is 2.30 bits per heavy atom. The second kappa shape index (κ2) is 9.82. The molecule has 2 unspecified atom stereocenters. The molecule has 33 heavy (non-hydrogen) atoms. The SMILES string of the molecule is N#CCc1ccc(C(O)C(O)CNC(=O)OCC2c3ccccc3-c3ccccc32)c(F)c1. The van der Waals surface area contributed by atoms with Gasteiger partial charge in [0.15, 0.2) is 0 Å². The number of aliphatic hydroxyl groups excluding tert-OH is 2. The van der Waals surface area contributed by atoms with Gasteiger partial charge in [0.2, 0.25) is 0 Å². The molecule has 0 aliphatic heterocycles. The number of nitrogens with zero attached hydrogens (tertiary/aromatic N) is 1. The van der Waals surface area contributed by atoms with E-state index in [9.17, 15) is 19.4 Å². The fourth-order valence-electron chi connectivity index (χ4n) is 4.17. The fraction of sp³-hybridized carbons (Fsp3) is 0.231. The molecule has 3 aromatic rings. The summed E-state index contributed by atoms with van der Waals surface area (Å²) in [7, 11) is 0. The third kappa shape index (κ3) is 4.72. The number of aliphatic hydroxyl groups is 2. The Morgan fingerprint density at radius 1 is 1.06 bits per heavy atom. The van der Waals surface area contributed by atoms with Crippen molar-refractivity contribution in [2.75, 3.05) is 13.2 Å². The highest BCUT2D eigenvalue weighted by Gasteiger charge is 2.29. The second-order valence-corrected chi connectivity index (χ2v) is 7.91. The highest BCUT2D eigenvalue weighted by molar-refractivity contribution is 5.79. The van der Waals surface area contributed by atoms with Crippen LogP contribution in [0.15, 0.2) is 66.7 Å². The first-order chi connectivity index (χ1) is 16.0. The Morgan fingerprint density at radius 2 is 1.70 bits per heavy atom. The smallest absolute Gasteiger partial charge is 0.407 e. The van der Waals surface area contributed by atoms with E-state index in [0.29, 0.717) is 5.56 Å². The van der Waals surface area contributed by atoms with Gasteiger partial charge in [-0.05, 0) is 33.9 Å². The van der Waals surface area contributed by atoms with Crippen LogP contribution in [0.5, 0.6) is 0 Å². The molecule has 3 aromatic carbocycles. The summed E-state index contributed by atoms with van der Waals surface area (Å²) < 4.78 is 19.6. The van der Waals surface area contributed by atoms with E-state index in [-0.39, 0.29) is 31.1 Å². The predicted octanol–water partition coefficient (Wildman–Crippen LogP) is 3.82. The zero-order chi connectivity index (χ0) is 23.4. The van der Waals surface area contributed by atoms with Crippen molar-refractivity contribution in [1.82, 2.24) is 5.32 Å². The summed E-state index contributed by atoms with van der Waals surface area (Å²) in [4.78, 5) is 12.2. The van der Waals surface area contributed by atoms with Crippen molar-refractivity contribution < 1.29 is 24.1 Å². The third-order valence-electron chi connectivity index (χ3n) is 5.83. The zero-order valence-corrected chi connectivity index (χ0v) is 17.7. The summed E-state index contributed by atoms with van der Waals surface area (Å²) in [6, 6.07) is 21.8. The van der Waals surface area contributed by atoms with Crippen LogP contribution >= 0.6 is 0 Å². The van der Waals surface area contributed by atoms with E-state index < -0.39 is 24.1 Å². The van der Waals surface area contributed by atoms with Crippen LogP contribution in [0.3, 0.4) is 0 Å². The number of carbonyl (C=O) groups excluding carboxylic acids is 1. The zero-order valence-electron chi connectivity index (χ0n) is 17.7. The standard InChI is InChI=1S/C26H23FN2O4/c27-23-13-16(11-12-28)9-10-21(23)25(31)24(30)14-29-26(32)33-15-22-19-7-3-1-5-17(19)18-6-2-4-8-20(18)22/h1-10,13,22,24-25,30-31H,11,14-15H2,(H,29,32). The van der Waals surface area contributed by atoms with Crippen molar-refractivity contribution in [3.05, 3.63) is 94.8 Å².